The van der Waals surface area contributed by atoms with Crippen molar-refractivity contribution in [1.29, 1.82) is 0 Å². The number of carbonyl (C=O) groups is 2. The highest BCUT2D eigenvalue weighted by molar-refractivity contribution is 6.10. The molecule has 10 heteroatoms. The van der Waals surface area contributed by atoms with Crippen molar-refractivity contribution in [2.75, 3.05) is 13.2 Å². The van der Waals surface area contributed by atoms with Crippen LogP contribution in [0.5, 0.6) is 5.75 Å². The van der Waals surface area contributed by atoms with Crippen LogP contribution in [0.3, 0.4) is 0 Å². The van der Waals surface area contributed by atoms with Gasteiger partial charge in [-0.25, -0.2) is 9.59 Å². The Morgan fingerprint density at radius 1 is 0.938 bits per heavy atom. The molecule has 2 aromatic carbocycles. The Morgan fingerprint density at radius 2 is 1.53 bits per heavy atom. The van der Waals surface area contributed by atoms with Crippen LogP contribution in [0.25, 0.3) is 21.8 Å². The molecule has 3 unspecified atom stereocenters. The first-order chi connectivity index (χ1) is 15.1. The predicted molar refractivity (Wildman–Crippen MR) is 118 cm³/mol. The van der Waals surface area contributed by atoms with Crippen LogP contribution in [0.15, 0.2) is 42.5 Å². The Balaban J connectivity index is 0.000000309. The largest absolute Gasteiger partial charge is 0.490 e. The molecule has 10 nitrogen and oxygen atoms in total. The van der Waals surface area contributed by atoms with E-state index >= 15 is 0 Å². The van der Waals surface area contributed by atoms with Crippen molar-refractivity contribution >= 4 is 33.7 Å². The topological polar surface area (TPSA) is 172 Å². The van der Waals surface area contributed by atoms with Crippen LogP contribution >= 0.6 is 0 Å². The van der Waals surface area contributed by atoms with Gasteiger partial charge in [0.1, 0.15) is 18.5 Å². The van der Waals surface area contributed by atoms with E-state index in [0.717, 1.165) is 27.6 Å². The first kappa shape index (κ1) is 25.1. The fourth-order valence-corrected chi connectivity index (χ4v) is 2.88. The number of aliphatic hydroxyl groups excluding tert-OH is 3. The molecule has 7 N–H and O–H groups in total. The number of nitrogens with one attached hydrogen (secondary N) is 2. The number of carboxylic acid groups (broad SMARTS) is 2. The molecule has 0 fully saturated rings. The summed E-state index contributed by atoms with van der Waals surface area (Å²) in [5.41, 5.74) is 2.14. The number of fused-ring (bicyclic) bond motifs is 3. The monoisotopic (exact) mass is 448 g/mol. The number of aromatic amines is 1. The minimum atomic E-state index is -2.27. The summed E-state index contributed by atoms with van der Waals surface area (Å²) in [5, 5.41) is 47.9. The van der Waals surface area contributed by atoms with E-state index in [-0.39, 0.29) is 6.61 Å². The van der Waals surface area contributed by atoms with Gasteiger partial charge in [0.05, 0.1) is 5.52 Å². The van der Waals surface area contributed by atoms with E-state index in [4.69, 9.17) is 25.2 Å². The molecule has 0 aliphatic heterocycles. The van der Waals surface area contributed by atoms with Crippen LogP contribution in [-0.2, 0) is 9.59 Å². The summed E-state index contributed by atoms with van der Waals surface area (Å²) in [5.74, 6) is -2.73. The van der Waals surface area contributed by atoms with Gasteiger partial charge in [0, 0.05) is 28.9 Å². The zero-order valence-electron chi connectivity index (χ0n) is 17.7. The number of hydrogen-bond acceptors (Lipinski definition) is 7. The fraction of sp³-hybridized carbons (Fsp3) is 0.364. The second-order valence-electron chi connectivity index (χ2n) is 7.44. The number of aliphatic carboxylic acids is 2. The molecule has 0 aliphatic carbocycles. The number of hydrogen-bond donors (Lipinski definition) is 7. The van der Waals surface area contributed by atoms with Crippen molar-refractivity contribution < 1.29 is 39.9 Å². The van der Waals surface area contributed by atoms with E-state index < -0.39 is 30.3 Å². The molecule has 0 aliphatic rings. The molecule has 1 heterocycles. The highest BCUT2D eigenvalue weighted by Gasteiger charge is 2.29. The summed E-state index contributed by atoms with van der Waals surface area (Å²) in [6.45, 7) is 4.92. The molecular formula is C22H28N2O8. The van der Waals surface area contributed by atoms with Gasteiger partial charge in [0.2, 0.25) is 0 Å². The van der Waals surface area contributed by atoms with Crippen molar-refractivity contribution in [3.05, 3.63) is 42.5 Å². The predicted octanol–water partition coefficient (Wildman–Crippen LogP) is 0.936. The Morgan fingerprint density at radius 3 is 2.12 bits per heavy atom. The quantitative estimate of drug-likeness (QED) is 0.251. The van der Waals surface area contributed by atoms with E-state index in [1.54, 1.807) is 0 Å². The van der Waals surface area contributed by atoms with Crippen LogP contribution in [0.1, 0.15) is 13.8 Å². The highest BCUT2D eigenvalue weighted by Crippen LogP contribution is 2.32. The van der Waals surface area contributed by atoms with Crippen molar-refractivity contribution in [3.63, 3.8) is 0 Å². The van der Waals surface area contributed by atoms with Gasteiger partial charge in [-0.3, -0.25) is 0 Å². The van der Waals surface area contributed by atoms with Crippen molar-refractivity contribution in [3.8, 4) is 5.75 Å². The number of aliphatic hydroxyl groups is 3. The zero-order valence-corrected chi connectivity index (χ0v) is 17.7. The summed E-state index contributed by atoms with van der Waals surface area (Å²) in [7, 11) is 0. The Bertz CT molecular complexity index is 1030. The van der Waals surface area contributed by atoms with Crippen molar-refractivity contribution in [2.24, 2.45) is 0 Å². The average Bonchev–Trinajstić information content (AvgIpc) is 3.14. The summed E-state index contributed by atoms with van der Waals surface area (Å²) in [6, 6.07) is 14.5. The van der Waals surface area contributed by atoms with Crippen molar-refractivity contribution in [2.45, 2.75) is 38.2 Å². The number of para-hydroxylation sites is 1. The molecule has 32 heavy (non-hydrogen) atoms. The second-order valence-corrected chi connectivity index (χ2v) is 7.44. The number of rotatable bonds is 9. The van der Waals surface area contributed by atoms with Crippen LogP contribution in [0, 0.1) is 0 Å². The van der Waals surface area contributed by atoms with Gasteiger partial charge >= 0.3 is 11.9 Å². The molecule has 3 atom stereocenters. The van der Waals surface area contributed by atoms with E-state index in [9.17, 15) is 14.7 Å². The first-order valence-corrected chi connectivity index (χ1v) is 9.97. The molecule has 3 rings (SSSR count). The highest BCUT2D eigenvalue weighted by atomic mass is 16.5. The third-order valence-electron chi connectivity index (χ3n) is 4.49. The Labute approximate surface area is 184 Å². The number of H-pyrrole nitrogens is 1. The lowest BCUT2D eigenvalue weighted by atomic mass is 10.1. The summed E-state index contributed by atoms with van der Waals surface area (Å²) in [4.78, 5) is 22.9. The second kappa shape index (κ2) is 11.4. The molecule has 0 saturated heterocycles. The molecule has 3 aromatic rings. The van der Waals surface area contributed by atoms with Crippen LogP contribution in [0.2, 0.25) is 0 Å². The SMILES string of the molecule is CC(C)NCC(O)COc1cccc2[nH]c3ccccc3c12.O=C(O)C(O)C(O)C(=O)O. The lowest BCUT2D eigenvalue weighted by Gasteiger charge is -2.15. The van der Waals surface area contributed by atoms with Crippen molar-refractivity contribution in [1.82, 2.24) is 10.3 Å². The molecule has 0 radical (unpaired) electrons. The Hall–Kier alpha value is -3.18. The molecule has 174 valence electrons. The Kier molecular flexibility index (Phi) is 8.97. The average molecular weight is 448 g/mol. The van der Waals surface area contributed by atoms with E-state index in [1.807, 2.05) is 30.3 Å². The smallest absolute Gasteiger partial charge is 0.335 e. The van der Waals surface area contributed by atoms with Crippen LogP contribution in [0.4, 0.5) is 0 Å². The fourth-order valence-electron chi connectivity index (χ4n) is 2.88. The minimum Gasteiger partial charge on any atom is -0.490 e. The van der Waals surface area contributed by atoms with Crippen LogP contribution < -0.4 is 10.1 Å². The minimum absolute atomic E-state index is 0.276. The van der Waals surface area contributed by atoms with Gasteiger partial charge in [0.25, 0.3) is 0 Å². The van der Waals surface area contributed by atoms with Gasteiger partial charge in [0.15, 0.2) is 12.2 Å². The number of aromatic nitrogens is 1. The molecular weight excluding hydrogens is 420 g/mol. The van der Waals surface area contributed by atoms with Gasteiger partial charge in [-0.05, 0) is 18.2 Å². The lowest BCUT2D eigenvalue weighted by Crippen LogP contribution is -2.39. The maximum absolute atomic E-state index is 10.0. The number of carboxylic acids is 2. The third-order valence-corrected chi connectivity index (χ3v) is 4.49. The number of ether oxygens (including phenoxy) is 1. The standard InChI is InChI=1S/C18H22N2O2.C4H6O6/c1-12(2)19-10-13(21)11-22-17-9-5-8-16-18(17)14-6-3-4-7-15(14)20-16;5-1(3(7)8)2(6)4(9)10/h3-9,12-13,19-21H,10-11H2,1-2H3;1-2,5-6H,(H,7,8)(H,9,10). The molecule has 1 aromatic heterocycles. The van der Waals surface area contributed by atoms with E-state index in [1.165, 1.54) is 0 Å². The summed E-state index contributed by atoms with van der Waals surface area (Å²) in [6.07, 6.45) is -5.06. The molecule has 0 amide bonds. The molecule has 0 spiro atoms. The normalized spacial score (nSPS) is 13.9. The summed E-state index contributed by atoms with van der Waals surface area (Å²) < 4.78 is 5.87. The zero-order chi connectivity index (χ0) is 23.8. The van der Waals surface area contributed by atoms with E-state index in [2.05, 4.69) is 36.3 Å². The summed E-state index contributed by atoms with van der Waals surface area (Å²) >= 11 is 0. The maximum atomic E-state index is 10.0. The van der Waals surface area contributed by atoms with Crippen LogP contribution in [-0.4, -0.2) is 80.0 Å². The third kappa shape index (κ3) is 6.66. The van der Waals surface area contributed by atoms with Gasteiger partial charge in [-0.2, -0.15) is 0 Å². The first-order valence-electron chi connectivity index (χ1n) is 9.97. The van der Waals surface area contributed by atoms with Gasteiger partial charge < -0.3 is 40.6 Å². The van der Waals surface area contributed by atoms with Gasteiger partial charge in [-0.15, -0.1) is 0 Å². The molecule has 0 bridgehead atoms. The maximum Gasteiger partial charge on any atom is 0.335 e. The van der Waals surface area contributed by atoms with Gasteiger partial charge in [-0.1, -0.05) is 38.1 Å². The molecule has 0 saturated carbocycles. The lowest BCUT2D eigenvalue weighted by molar-refractivity contribution is -0.165. The number of benzene rings is 2. The van der Waals surface area contributed by atoms with E-state index in [0.29, 0.717) is 12.6 Å².